The standard InChI is InChI=1S/C35H44FN3O4.C34H42FN3O4/c1-22(2)15-31(39-19-28(25(5)16-32(39)40)13-14-38-20-29(36)21-38)35(42)37-30(18-33(41)43-6)26-11-8-12-27(17-26)34-23(3)9-7-10-24(34)4;1-21(2)14-30(38-18-27(24(5)15-31(38)39)12-13-37-19-28(35)20-37)34(42)36-29(17-32(40)41)25-10-7-11-26(16-25)33-22(3)8-6-9-23(33)4/h7-12,16-17,19,22,29-31H,13-15,18,20-21H2,1-6H3,(H,37,42);6-11,15-16,18,21,28-30H,12-14,17,19-20H2,1-5H3,(H,36,42)(H,40,41)/t30-,31?;29-,30?/m00/s1. The van der Waals surface area contributed by atoms with Gasteiger partial charge in [0.25, 0.3) is 11.1 Å². The van der Waals surface area contributed by atoms with E-state index in [9.17, 15) is 42.7 Å². The molecule has 3 N–H and O–H groups in total. The van der Waals surface area contributed by atoms with Gasteiger partial charge >= 0.3 is 11.9 Å². The van der Waals surface area contributed by atoms with Crippen LogP contribution in [0.2, 0.25) is 0 Å². The van der Waals surface area contributed by atoms with Crippen molar-refractivity contribution in [3.05, 3.63) is 186 Å². The number of esters is 1. The molecule has 4 aromatic carbocycles. The minimum Gasteiger partial charge on any atom is -0.481 e. The molecule has 2 aliphatic rings. The lowest BCUT2D eigenvalue weighted by Gasteiger charge is -2.34. The first-order valence-corrected chi connectivity index (χ1v) is 29.8. The summed E-state index contributed by atoms with van der Waals surface area (Å²) in [6, 6.07) is 27.8. The van der Waals surface area contributed by atoms with E-state index in [1.807, 2.05) is 138 Å². The molecule has 8 rings (SSSR count). The third kappa shape index (κ3) is 17.3. The number of hydrogen-bond donors (Lipinski definition) is 3. The molecular weight excluding hydrogens is 1080 g/mol. The van der Waals surface area contributed by atoms with Crippen LogP contribution in [0.25, 0.3) is 22.3 Å². The number of carbonyl (C=O) groups excluding carboxylic acids is 3. The molecule has 0 bridgehead atoms. The highest BCUT2D eigenvalue weighted by Crippen LogP contribution is 2.33. The molecule has 14 nitrogen and oxygen atoms in total. The van der Waals surface area contributed by atoms with E-state index in [0.717, 1.165) is 72.3 Å². The Bertz CT molecular complexity index is 3410. The van der Waals surface area contributed by atoms with Crippen LogP contribution in [0.15, 0.2) is 119 Å². The summed E-state index contributed by atoms with van der Waals surface area (Å²) in [6.45, 7) is 23.1. The maximum atomic E-state index is 14.0. The number of amides is 2. The van der Waals surface area contributed by atoms with Crippen LogP contribution < -0.4 is 21.8 Å². The van der Waals surface area contributed by atoms with Crippen LogP contribution in [0.4, 0.5) is 8.78 Å². The number of carbonyl (C=O) groups is 4. The minimum absolute atomic E-state index is 0.0493. The Morgan fingerprint density at radius 1 is 0.553 bits per heavy atom. The number of halogens is 2. The molecule has 0 aliphatic carbocycles. The van der Waals surface area contributed by atoms with Gasteiger partial charge in [0.2, 0.25) is 11.8 Å². The lowest BCUT2D eigenvalue weighted by atomic mass is 9.92. The van der Waals surface area contributed by atoms with Gasteiger partial charge in [0.1, 0.15) is 24.4 Å². The summed E-state index contributed by atoms with van der Waals surface area (Å²) >= 11 is 0. The van der Waals surface area contributed by atoms with E-state index in [0.29, 0.717) is 70.5 Å². The molecule has 4 atom stereocenters. The van der Waals surface area contributed by atoms with Crippen molar-refractivity contribution < 1.29 is 37.8 Å². The molecule has 0 spiro atoms. The van der Waals surface area contributed by atoms with Crippen LogP contribution >= 0.6 is 0 Å². The molecule has 2 saturated heterocycles. The molecule has 0 saturated carbocycles. The highest BCUT2D eigenvalue weighted by molar-refractivity contribution is 5.83. The molecule has 454 valence electrons. The average Bonchev–Trinajstić information content (AvgIpc) is 2.99. The Labute approximate surface area is 499 Å². The van der Waals surface area contributed by atoms with Gasteiger partial charge < -0.3 is 29.6 Å². The maximum absolute atomic E-state index is 14.0. The summed E-state index contributed by atoms with van der Waals surface area (Å²) < 4.78 is 34.6. The molecule has 2 unspecified atom stereocenters. The number of carboxylic acids is 1. The molecule has 2 aliphatic heterocycles. The Balaban J connectivity index is 0.000000244. The number of benzene rings is 4. The fourth-order valence-corrected chi connectivity index (χ4v) is 11.7. The number of carboxylic acid groups (broad SMARTS) is 1. The molecular formula is C69H86F2N6O8. The summed E-state index contributed by atoms with van der Waals surface area (Å²) in [6.07, 6.45) is 3.80. The minimum atomic E-state index is -1.03. The number of pyridine rings is 2. The van der Waals surface area contributed by atoms with Crippen LogP contribution in [0.1, 0.15) is 133 Å². The number of aryl methyl sites for hydroxylation is 6. The summed E-state index contributed by atoms with van der Waals surface area (Å²) in [5.41, 5.74) is 13.1. The molecule has 85 heavy (non-hydrogen) atoms. The highest BCUT2D eigenvalue weighted by Gasteiger charge is 2.32. The smallest absolute Gasteiger partial charge is 0.307 e. The number of nitrogens with zero attached hydrogens (tertiary/aromatic N) is 4. The van der Waals surface area contributed by atoms with E-state index in [4.69, 9.17) is 4.74 Å². The van der Waals surface area contributed by atoms with Crippen molar-refractivity contribution in [1.82, 2.24) is 29.6 Å². The van der Waals surface area contributed by atoms with Gasteiger partial charge in [-0.2, -0.15) is 0 Å². The van der Waals surface area contributed by atoms with Gasteiger partial charge in [0, 0.05) is 63.8 Å². The fraction of sp³-hybridized carbons (Fsp3) is 0.449. The zero-order chi connectivity index (χ0) is 61.8. The van der Waals surface area contributed by atoms with E-state index < -0.39 is 54.4 Å². The number of aromatic nitrogens is 2. The molecule has 4 heterocycles. The van der Waals surface area contributed by atoms with Crippen molar-refractivity contribution in [1.29, 1.82) is 0 Å². The van der Waals surface area contributed by atoms with Crippen LogP contribution in [0, 0.1) is 53.4 Å². The number of rotatable bonds is 24. The van der Waals surface area contributed by atoms with Gasteiger partial charge in [-0.05, 0) is 169 Å². The number of methoxy groups -OCH3 is 1. The van der Waals surface area contributed by atoms with E-state index >= 15 is 0 Å². The van der Waals surface area contributed by atoms with E-state index in [2.05, 4.69) is 36.6 Å². The van der Waals surface area contributed by atoms with Gasteiger partial charge in [0.05, 0.1) is 32.0 Å². The summed E-state index contributed by atoms with van der Waals surface area (Å²) in [4.78, 5) is 82.9. The first-order valence-electron chi connectivity index (χ1n) is 29.8. The Kier molecular flexibility index (Phi) is 22.6. The highest BCUT2D eigenvalue weighted by atomic mass is 19.1. The van der Waals surface area contributed by atoms with Crippen molar-refractivity contribution in [2.45, 2.75) is 144 Å². The number of alkyl halides is 2. The summed E-state index contributed by atoms with van der Waals surface area (Å²) in [7, 11) is 1.33. The van der Waals surface area contributed by atoms with Crippen molar-refractivity contribution in [2.75, 3.05) is 46.4 Å². The van der Waals surface area contributed by atoms with Crippen molar-refractivity contribution in [3.8, 4) is 22.3 Å². The Morgan fingerprint density at radius 2 is 0.918 bits per heavy atom. The van der Waals surface area contributed by atoms with Gasteiger partial charge in [-0.15, -0.1) is 0 Å². The molecule has 0 radical (unpaired) electrons. The molecule has 2 amide bonds. The Hall–Kier alpha value is -7.56. The largest absolute Gasteiger partial charge is 0.481 e. The molecule has 6 aromatic rings. The third-order valence-corrected chi connectivity index (χ3v) is 16.4. The number of hydrogen-bond acceptors (Lipinski definition) is 9. The lowest BCUT2D eigenvalue weighted by Crippen LogP contribution is -2.49. The summed E-state index contributed by atoms with van der Waals surface area (Å²) in [5.74, 6) is -1.98. The number of ether oxygens (including phenoxy) is 1. The quantitative estimate of drug-likeness (QED) is 0.0495. The lowest BCUT2D eigenvalue weighted by molar-refractivity contribution is -0.142. The van der Waals surface area contributed by atoms with E-state index in [-0.39, 0.29) is 41.7 Å². The van der Waals surface area contributed by atoms with Crippen LogP contribution in [-0.2, 0) is 36.8 Å². The molecule has 2 aromatic heterocycles. The summed E-state index contributed by atoms with van der Waals surface area (Å²) in [5, 5.41) is 15.8. The second kappa shape index (κ2) is 29.5. The average molecular weight is 1170 g/mol. The zero-order valence-corrected chi connectivity index (χ0v) is 51.3. The van der Waals surface area contributed by atoms with Crippen LogP contribution in [0.3, 0.4) is 0 Å². The van der Waals surface area contributed by atoms with Gasteiger partial charge in [0.15, 0.2) is 0 Å². The van der Waals surface area contributed by atoms with Gasteiger partial charge in [-0.1, -0.05) is 100 Å². The van der Waals surface area contributed by atoms with Crippen molar-refractivity contribution in [2.24, 2.45) is 11.8 Å². The second-order valence-electron chi connectivity index (χ2n) is 24.2. The fourth-order valence-electron chi connectivity index (χ4n) is 11.7. The predicted octanol–water partition coefficient (Wildman–Crippen LogP) is 11.2. The topological polar surface area (TPSA) is 172 Å². The van der Waals surface area contributed by atoms with Crippen LogP contribution in [-0.4, -0.2) is 107 Å². The van der Waals surface area contributed by atoms with Gasteiger partial charge in [-0.25, -0.2) is 8.78 Å². The maximum Gasteiger partial charge on any atom is 0.307 e. The predicted molar refractivity (Wildman–Crippen MR) is 331 cm³/mol. The van der Waals surface area contributed by atoms with Gasteiger partial charge in [-0.3, -0.25) is 38.6 Å². The number of aliphatic carboxylic acids is 1. The van der Waals surface area contributed by atoms with Crippen LogP contribution in [0.5, 0.6) is 0 Å². The number of nitrogens with one attached hydrogen (secondary N) is 2. The van der Waals surface area contributed by atoms with E-state index in [1.54, 1.807) is 24.5 Å². The van der Waals surface area contributed by atoms with E-state index in [1.165, 1.54) is 16.2 Å². The first-order chi connectivity index (χ1) is 40.4. The van der Waals surface area contributed by atoms with Crippen molar-refractivity contribution in [3.63, 3.8) is 0 Å². The normalized spacial score (nSPS) is 15.2. The third-order valence-electron chi connectivity index (χ3n) is 16.4. The zero-order valence-electron chi connectivity index (χ0n) is 51.3. The SMILES string of the molecule is COC(=O)C[C@H](NC(=O)C(CC(C)C)n1cc(CCN2CC(F)C2)c(C)cc1=O)c1cccc(-c2c(C)cccc2C)c1.Cc1cc(=O)n(C(CC(C)C)C(=O)N[C@@H](CC(=O)O)c2cccc(-c3c(C)cccc3C)c2)cc1CCN1CC(F)C1. The first kappa shape index (κ1) is 65.0. The molecule has 2 fully saturated rings. The Morgan fingerprint density at radius 3 is 1.26 bits per heavy atom. The second-order valence-corrected chi connectivity index (χ2v) is 24.2. The number of likely N-dealkylation sites (tertiary alicyclic amines) is 2. The molecule has 16 heteroatoms. The van der Waals surface area contributed by atoms with Crippen molar-refractivity contribution >= 4 is 23.8 Å². The monoisotopic (exact) mass is 1160 g/mol.